The van der Waals surface area contributed by atoms with E-state index >= 15 is 0 Å². The van der Waals surface area contributed by atoms with E-state index in [-0.39, 0.29) is 12.5 Å². The van der Waals surface area contributed by atoms with E-state index in [1.165, 1.54) is 0 Å². The summed E-state index contributed by atoms with van der Waals surface area (Å²) in [4.78, 5) is 13.7. The van der Waals surface area contributed by atoms with Gasteiger partial charge in [-0.15, -0.1) is 0 Å². The molecule has 0 radical (unpaired) electrons. The number of ether oxygens (including phenoxy) is 1. The average molecular weight is 253 g/mol. The van der Waals surface area contributed by atoms with E-state index in [0.29, 0.717) is 13.1 Å². The normalized spacial score (nSPS) is 25.2. The van der Waals surface area contributed by atoms with Crippen molar-refractivity contribution in [2.24, 2.45) is 5.73 Å². The van der Waals surface area contributed by atoms with Crippen LogP contribution in [0.2, 0.25) is 0 Å². The molecule has 0 spiro atoms. The van der Waals surface area contributed by atoms with Crippen molar-refractivity contribution in [3.05, 3.63) is 0 Å². The van der Waals surface area contributed by atoms with Gasteiger partial charge < -0.3 is 15.4 Å². The third-order valence-electron chi connectivity index (χ3n) is 2.94. The number of carbonyl (C=O) groups is 1. The van der Waals surface area contributed by atoms with Crippen molar-refractivity contribution in [2.45, 2.75) is 57.6 Å². The minimum atomic E-state index is -0.595. The highest BCUT2D eigenvalue weighted by atomic mass is 16.6. The molecule has 5 heteroatoms. The van der Waals surface area contributed by atoms with Crippen LogP contribution in [0.4, 0.5) is 4.79 Å². The molecule has 0 saturated carbocycles. The molecule has 1 saturated heterocycles. The molecule has 0 aromatic rings. The van der Waals surface area contributed by atoms with Crippen LogP contribution in [-0.2, 0) is 4.74 Å². The Hall–Kier alpha value is -1.28. The Morgan fingerprint density at radius 3 is 2.72 bits per heavy atom. The van der Waals surface area contributed by atoms with Crippen molar-refractivity contribution in [2.75, 3.05) is 13.1 Å². The second kappa shape index (κ2) is 5.57. The van der Waals surface area contributed by atoms with Crippen LogP contribution >= 0.6 is 0 Å². The SMILES string of the molecule is CC(C)(C)OC(=O)N1CCCCC(N)(CC#N)C1. The van der Waals surface area contributed by atoms with Crippen molar-refractivity contribution in [3.8, 4) is 6.07 Å². The van der Waals surface area contributed by atoms with Gasteiger partial charge in [0.15, 0.2) is 0 Å². The van der Waals surface area contributed by atoms with Crippen LogP contribution in [0.25, 0.3) is 0 Å². The van der Waals surface area contributed by atoms with E-state index < -0.39 is 11.1 Å². The monoisotopic (exact) mass is 253 g/mol. The fourth-order valence-electron chi connectivity index (χ4n) is 2.10. The first-order chi connectivity index (χ1) is 8.26. The Morgan fingerprint density at radius 1 is 1.50 bits per heavy atom. The highest BCUT2D eigenvalue weighted by molar-refractivity contribution is 5.68. The summed E-state index contributed by atoms with van der Waals surface area (Å²) in [5.41, 5.74) is 5.09. The van der Waals surface area contributed by atoms with E-state index in [9.17, 15) is 4.79 Å². The molecular formula is C13H23N3O2. The lowest BCUT2D eigenvalue weighted by Gasteiger charge is -2.32. The van der Waals surface area contributed by atoms with Crippen LogP contribution in [0.5, 0.6) is 0 Å². The molecule has 102 valence electrons. The second-order valence-electron chi connectivity index (χ2n) is 6.06. The molecule has 0 aromatic carbocycles. The minimum Gasteiger partial charge on any atom is -0.444 e. The predicted molar refractivity (Wildman–Crippen MR) is 68.8 cm³/mol. The van der Waals surface area contributed by atoms with Gasteiger partial charge in [-0.25, -0.2) is 4.79 Å². The molecule has 1 heterocycles. The summed E-state index contributed by atoms with van der Waals surface area (Å²) in [5, 5.41) is 8.82. The first kappa shape index (κ1) is 14.8. The number of likely N-dealkylation sites (tertiary alicyclic amines) is 1. The number of nitrogens with two attached hydrogens (primary N) is 1. The quantitative estimate of drug-likeness (QED) is 0.775. The van der Waals surface area contributed by atoms with Gasteiger partial charge in [0.25, 0.3) is 0 Å². The highest BCUT2D eigenvalue weighted by Crippen LogP contribution is 2.23. The second-order valence-corrected chi connectivity index (χ2v) is 6.06. The number of nitriles is 1. The molecule has 2 N–H and O–H groups in total. The standard InChI is InChI=1S/C13H23N3O2/c1-12(2,3)18-11(17)16-9-5-4-6-13(15,10-16)7-8-14/h4-7,9-10,15H2,1-3H3. The van der Waals surface area contributed by atoms with Crippen molar-refractivity contribution in [3.63, 3.8) is 0 Å². The molecule has 0 bridgehead atoms. The Balaban J connectivity index is 2.70. The van der Waals surface area contributed by atoms with Gasteiger partial charge in [-0.05, 0) is 40.0 Å². The predicted octanol–water partition coefficient (Wildman–Crippen LogP) is 2.02. The van der Waals surface area contributed by atoms with E-state index in [2.05, 4.69) is 6.07 Å². The molecule has 1 aliphatic rings. The lowest BCUT2D eigenvalue weighted by Crippen LogP contribution is -2.51. The van der Waals surface area contributed by atoms with E-state index in [4.69, 9.17) is 15.7 Å². The Kier molecular flexibility index (Phi) is 4.58. The maximum Gasteiger partial charge on any atom is 0.410 e. The summed E-state index contributed by atoms with van der Waals surface area (Å²) >= 11 is 0. The summed E-state index contributed by atoms with van der Waals surface area (Å²) in [6, 6.07) is 2.11. The third-order valence-corrected chi connectivity index (χ3v) is 2.94. The molecule has 5 nitrogen and oxygen atoms in total. The van der Waals surface area contributed by atoms with Crippen molar-refractivity contribution >= 4 is 6.09 Å². The smallest absolute Gasteiger partial charge is 0.410 e. The van der Waals surface area contributed by atoms with Crippen LogP contribution in [0.15, 0.2) is 0 Å². The van der Waals surface area contributed by atoms with Crippen LogP contribution in [-0.4, -0.2) is 35.2 Å². The fourth-order valence-corrected chi connectivity index (χ4v) is 2.10. The molecule has 0 aliphatic carbocycles. The van der Waals surface area contributed by atoms with Crippen LogP contribution in [0, 0.1) is 11.3 Å². The molecular weight excluding hydrogens is 230 g/mol. The first-order valence-electron chi connectivity index (χ1n) is 6.39. The molecule has 1 amide bonds. The summed E-state index contributed by atoms with van der Waals surface area (Å²) in [5.74, 6) is 0. The third kappa shape index (κ3) is 4.53. The summed E-state index contributed by atoms with van der Waals surface area (Å²) in [6.45, 7) is 6.57. The van der Waals surface area contributed by atoms with Crippen LogP contribution in [0.3, 0.4) is 0 Å². The van der Waals surface area contributed by atoms with Gasteiger partial charge in [0.05, 0.1) is 12.5 Å². The largest absolute Gasteiger partial charge is 0.444 e. The van der Waals surface area contributed by atoms with Gasteiger partial charge in [0.2, 0.25) is 0 Å². The zero-order valence-electron chi connectivity index (χ0n) is 11.5. The highest BCUT2D eigenvalue weighted by Gasteiger charge is 2.33. The van der Waals surface area contributed by atoms with Crippen molar-refractivity contribution in [1.82, 2.24) is 4.90 Å². The molecule has 0 aromatic heterocycles. The Morgan fingerprint density at radius 2 is 2.17 bits per heavy atom. The molecule has 1 atom stereocenters. The van der Waals surface area contributed by atoms with Crippen LogP contribution in [0.1, 0.15) is 46.5 Å². The van der Waals surface area contributed by atoms with Crippen molar-refractivity contribution in [1.29, 1.82) is 5.26 Å². The number of carbonyl (C=O) groups excluding carboxylic acids is 1. The molecule has 1 rings (SSSR count). The minimum absolute atomic E-state index is 0.270. The Bertz CT molecular complexity index is 343. The lowest BCUT2D eigenvalue weighted by atomic mass is 9.92. The first-order valence-corrected chi connectivity index (χ1v) is 6.39. The summed E-state index contributed by atoms with van der Waals surface area (Å²) in [6.07, 6.45) is 2.56. The average Bonchev–Trinajstić information content (AvgIpc) is 2.38. The van der Waals surface area contributed by atoms with Gasteiger partial charge in [-0.3, -0.25) is 0 Å². The zero-order valence-corrected chi connectivity index (χ0v) is 11.5. The van der Waals surface area contributed by atoms with E-state index in [0.717, 1.165) is 19.3 Å². The topological polar surface area (TPSA) is 79.3 Å². The van der Waals surface area contributed by atoms with Crippen LogP contribution < -0.4 is 5.73 Å². The summed E-state index contributed by atoms with van der Waals surface area (Å²) in [7, 11) is 0. The molecule has 1 aliphatic heterocycles. The molecule has 18 heavy (non-hydrogen) atoms. The lowest BCUT2D eigenvalue weighted by molar-refractivity contribution is 0.0223. The van der Waals surface area contributed by atoms with Gasteiger partial charge in [0.1, 0.15) is 5.60 Å². The maximum absolute atomic E-state index is 12.0. The van der Waals surface area contributed by atoms with Gasteiger partial charge in [0, 0.05) is 18.6 Å². The number of rotatable bonds is 1. The van der Waals surface area contributed by atoms with Gasteiger partial charge >= 0.3 is 6.09 Å². The Labute approximate surface area is 109 Å². The number of hydrogen-bond donors (Lipinski definition) is 1. The summed E-state index contributed by atoms with van der Waals surface area (Å²) < 4.78 is 5.35. The number of amides is 1. The van der Waals surface area contributed by atoms with Gasteiger partial charge in [-0.1, -0.05) is 0 Å². The fraction of sp³-hybridized carbons (Fsp3) is 0.846. The van der Waals surface area contributed by atoms with E-state index in [1.807, 2.05) is 20.8 Å². The van der Waals surface area contributed by atoms with E-state index in [1.54, 1.807) is 4.90 Å². The van der Waals surface area contributed by atoms with Gasteiger partial charge in [-0.2, -0.15) is 5.26 Å². The number of nitrogens with zero attached hydrogens (tertiary/aromatic N) is 2. The molecule has 1 fully saturated rings. The number of hydrogen-bond acceptors (Lipinski definition) is 4. The molecule has 1 unspecified atom stereocenters. The maximum atomic E-state index is 12.0. The zero-order chi connectivity index (χ0) is 13.8. The van der Waals surface area contributed by atoms with Crippen molar-refractivity contribution < 1.29 is 9.53 Å².